The van der Waals surface area contributed by atoms with E-state index in [1.165, 1.54) is 16.7 Å². The van der Waals surface area contributed by atoms with Crippen molar-refractivity contribution in [2.24, 2.45) is 5.73 Å². The first-order valence-corrected chi connectivity index (χ1v) is 17.6. The van der Waals surface area contributed by atoms with E-state index >= 15 is 0 Å². The maximum Gasteiger partial charge on any atom is 0.321 e. The third-order valence-corrected chi connectivity index (χ3v) is 9.83. The lowest BCUT2D eigenvalue weighted by molar-refractivity contribution is -0.138. The molecule has 3 aromatic rings. The molecule has 0 aliphatic carbocycles. The number of anilines is 2. The lowest BCUT2D eigenvalue weighted by atomic mass is 10.0. The van der Waals surface area contributed by atoms with Crippen molar-refractivity contribution < 1.29 is 24.6 Å². The van der Waals surface area contributed by atoms with Gasteiger partial charge in [0.1, 0.15) is 11.6 Å². The van der Waals surface area contributed by atoms with E-state index in [0.717, 1.165) is 87.1 Å². The molecule has 4 rings (SSSR count). The van der Waals surface area contributed by atoms with Gasteiger partial charge in [0.05, 0.1) is 17.2 Å². The van der Waals surface area contributed by atoms with Gasteiger partial charge in [-0.25, -0.2) is 4.98 Å². The molecule has 0 bridgehead atoms. The van der Waals surface area contributed by atoms with Gasteiger partial charge < -0.3 is 36.9 Å². The van der Waals surface area contributed by atoms with Crippen molar-refractivity contribution in [3.05, 3.63) is 47.2 Å². The molecule has 15 heteroatoms. The average Bonchev–Trinajstić information content (AvgIpc) is 3.45. The van der Waals surface area contributed by atoms with Gasteiger partial charge in [0.2, 0.25) is 11.9 Å². The summed E-state index contributed by atoms with van der Waals surface area (Å²) in [6.07, 6.45) is 5.03. The number of nitrogen functional groups attached to an aromatic ring is 1. The quantitative estimate of drug-likeness (QED) is 0.100. The van der Waals surface area contributed by atoms with E-state index in [9.17, 15) is 19.5 Å². The highest BCUT2D eigenvalue weighted by molar-refractivity contribution is 8.00. The van der Waals surface area contributed by atoms with Crippen LogP contribution in [-0.4, -0.2) is 115 Å². The van der Waals surface area contributed by atoms with E-state index in [4.69, 9.17) is 16.6 Å². The highest BCUT2D eigenvalue weighted by atomic mass is 32.2. The Kier molecular flexibility index (Phi) is 13.8. The highest BCUT2D eigenvalue weighted by Crippen LogP contribution is 2.25. The van der Waals surface area contributed by atoms with Crippen molar-refractivity contribution in [2.75, 3.05) is 62.6 Å². The van der Waals surface area contributed by atoms with Crippen LogP contribution in [0.25, 0.3) is 11.0 Å². The molecular formula is C33H49N9O5S. The zero-order valence-corrected chi connectivity index (χ0v) is 28.7. The number of aromatic nitrogens is 3. The molecule has 3 heterocycles. The largest absolute Gasteiger partial charge is 0.481 e. The smallest absolute Gasteiger partial charge is 0.321 e. The van der Waals surface area contributed by atoms with E-state index in [0.29, 0.717) is 19.6 Å². The zero-order chi connectivity index (χ0) is 34.6. The van der Waals surface area contributed by atoms with Crippen LogP contribution in [0, 0.1) is 6.92 Å². The fourth-order valence-corrected chi connectivity index (χ4v) is 6.81. The topological polar surface area (TPSA) is 205 Å². The van der Waals surface area contributed by atoms with Crippen molar-refractivity contribution in [2.45, 2.75) is 63.9 Å². The molecule has 0 spiro atoms. The Morgan fingerprint density at radius 1 is 1.02 bits per heavy atom. The number of aliphatic carboxylic acids is 2. The molecule has 1 aromatic carbocycles. The number of amides is 1. The number of carbonyl (C=O) groups is 3. The minimum absolute atomic E-state index is 0.0433. The van der Waals surface area contributed by atoms with Gasteiger partial charge in [-0.1, -0.05) is 38.0 Å². The number of hydrogen-bond donors (Lipinski definition) is 6. The summed E-state index contributed by atoms with van der Waals surface area (Å²) in [4.78, 5) is 48.5. The fourth-order valence-electron chi connectivity index (χ4n) is 5.74. The zero-order valence-electron chi connectivity index (χ0n) is 27.9. The first-order valence-electron chi connectivity index (χ1n) is 16.5. The summed E-state index contributed by atoms with van der Waals surface area (Å²) < 4.78 is 2.18. The van der Waals surface area contributed by atoms with Crippen molar-refractivity contribution in [1.82, 2.24) is 29.7 Å². The maximum atomic E-state index is 12.6. The molecule has 0 unspecified atom stereocenters. The molecule has 0 saturated carbocycles. The number of hydrogen-bond acceptors (Lipinski definition) is 11. The van der Waals surface area contributed by atoms with E-state index in [1.54, 1.807) is 0 Å². The molecule has 1 aliphatic heterocycles. The number of nitrogens with two attached hydrogens (primary N) is 2. The van der Waals surface area contributed by atoms with E-state index in [2.05, 4.69) is 67.0 Å². The summed E-state index contributed by atoms with van der Waals surface area (Å²) in [7, 11) is 0. The Morgan fingerprint density at radius 2 is 1.77 bits per heavy atom. The van der Waals surface area contributed by atoms with Gasteiger partial charge >= 0.3 is 11.9 Å². The standard InChI is InChI=1S/C33H49N9O5S/c1-3-4-5-9-36-30-29-26(38-33(35)39-30)8-11-42(29)20-24-7-6-23(17-22(24)2)19-41-15-13-40(14-16-41)12-10-37-31(45)27(18-28(43)44)48-21-25(34)32(46)47/h6-8,11,17,25,27H,3-5,9-10,12-16,18-21,34H2,1-2H3,(H,37,45)(H,43,44)(H,46,47)(H3,35,36,38,39)/t25-,27-/m0/s1. The fraction of sp³-hybridized carbons (Fsp3) is 0.545. The van der Waals surface area contributed by atoms with Crippen molar-refractivity contribution >= 4 is 52.4 Å². The molecule has 262 valence electrons. The van der Waals surface area contributed by atoms with Crippen LogP contribution in [0.4, 0.5) is 11.8 Å². The first-order chi connectivity index (χ1) is 23.0. The van der Waals surface area contributed by atoms with Gasteiger partial charge in [-0.15, -0.1) is 11.8 Å². The van der Waals surface area contributed by atoms with Crippen LogP contribution in [0.1, 0.15) is 49.3 Å². The van der Waals surface area contributed by atoms with Crippen molar-refractivity contribution in [1.29, 1.82) is 0 Å². The Morgan fingerprint density at radius 3 is 2.46 bits per heavy atom. The number of carboxylic acids is 2. The Balaban J connectivity index is 1.25. The number of unbranched alkanes of at least 4 members (excludes halogenated alkanes) is 2. The number of thioether (sulfide) groups is 1. The van der Waals surface area contributed by atoms with Crippen LogP contribution >= 0.6 is 11.8 Å². The number of aryl methyl sites for hydroxylation is 1. The third kappa shape index (κ3) is 10.8. The van der Waals surface area contributed by atoms with Gasteiger partial charge in [-0.2, -0.15) is 4.98 Å². The Labute approximate surface area is 285 Å². The number of nitrogens with zero attached hydrogens (tertiary/aromatic N) is 5. The molecule has 2 atom stereocenters. The number of piperazine rings is 1. The third-order valence-electron chi connectivity index (χ3n) is 8.49. The number of carbonyl (C=O) groups excluding carboxylic acids is 1. The minimum Gasteiger partial charge on any atom is -0.481 e. The molecule has 8 N–H and O–H groups in total. The normalized spacial score (nSPS) is 15.3. The summed E-state index contributed by atoms with van der Waals surface area (Å²) in [6, 6.07) is 7.49. The number of carboxylic acid groups (broad SMARTS) is 2. The van der Waals surface area contributed by atoms with E-state index < -0.39 is 35.6 Å². The van der Waals surface area contributed by atoms with Gasteiger partial charge in [0.25, 0.3) is 0 Å². The van der Waals surface area contributed by atoms with Crippen LogP contribution in [0.3, 0.4) is 0 Å². The molecule has 0 radical (unpaired) electrons. The summed E-state index contributed by atoms with van der Waals surface area (Å²) in [5.74, 6) is -1.73. The summed E-state index contributed by atoms with van der Waals surface area (Å²) in [5.41, 5.74) is 17.0. The molecule has 1 fully saturated rings. The van der Waals surface area contributed by atoms with Crippen molar-refractivity contribution in [3.63, 3.8) is 0 Å². The number of rotatable bonds is 19. The Hall–Kier alpha value is -3.92. The van der Waals surface area contributed by atoms with Gasteiger partial charge in [0.15, 0.2) is 5.82 Å². The van der Waals surface area contributed by atoms with Crippen molar-refractivity contribution in [3.8, 4) is 0 Å². The van der Waals surface area contributed by atoms with Gasteiger partial charge in [-0.05, 0) is 36.1 Å². The molecule has 1 saturated heterocycles. The molecule has 48 heavy (non-hydrogen) atoms. The lowest BCUT2D eigenvalue weighted by Gasteiger charge is -2.34. The monoisotopic (exact) mass is 683 g/mol. The second kappa shape index (κ2) is 18.0. The molecular weight excluding hydrogens is 634 g/mol. The highest BCUT2D eigenvalue weighted by Gasteiger charge is 2.25. The maximum absolute atomic E-state index is 12.6. The van der Waals surface area contributed by atoms with Crippen LogP contribution in [-0.2, 0) is 27.5 Å². The molecule has 2 aromatic heterocycles. The number of benzene rings is 1. The SMILES string of the molecule is CCCCCNc1nc(N)nc2ccn(Cc3ccc(CN4CCN(CCNC(=O)[C@H](CC(=O)O)SC[C@H](N)C(=O)O)CC4)cc3C)c12. The van der Waals surface area contributed by atoms with Gasteiger partial charge in [0, 0.05) is 70.9 Å². The lowest BCUT2D eigenvalue weighted by Crippen LogP contribution is -2.48. The summed E-state index contributed by atoms with van der Waals surface area (Å²) >= 11 is 0.957. The Bertz CT molecular complexity index is 1540. The predicted molar refractivity (Wildman–Crippen MR) is 189 cm³/mol. The predicted octanol–water partition coefficient (Wildman–Crippen LogP) is 2.19. The summed E-state index contributed by atoms with van der Waals surface area (Å²) in [6.45, 7) is 11.3. The second-order valence-corrected chi connectivity index (χ2v) is 13.5. The minimum atomic E-state index is -1.19. The molecule has 1 amide bonds. The molecule has 1 aliphatic rings. The first kappa shape index (κ1) is 36.9. The van der Waals surface area contributed by atoms with Crippen LogP contribution in [0.15, 0.2) is 30.5 Å². The van der Waals surface area contributed by atoms with E-state index in [-0.39, 0.29) is 11.7 Å². The number of nitrogens with one attached hydrogen (secondary N) is 2. The van der Waals surface area contributed by atoms with E-state index in [1.807, 2.05) is 12.3 Å². The average molecular weight is 684 g/mol. The second-order valence-electron chi connectivity index (χ2n) is 12.3. The van der Waals surface area contributed by atoms with Crippen LogP contribution in [0.5, 0.6) is 0 Å². The van der Waals surface area contributed by atoms with Gasteiger partial charge in [-0.3, -0.25) is 24.2 Å². The summed E-state index contributed by atoms with van der Waals surface area (Å²) in [5, 5.41) is 23.5. The van der Waals surface area contributed by atoms with Crippen LogP contribution in [0.2, 0.25) is 0 Å². The molecule has 14 nitrogen and oxygen atoms in total. The van der Waals surface area contributed by atoms with Crippen LogP contribution < -0.4 is 22.1 Å². The number of fused-ring (bicyclic) bond motifs is 1.